The summed E-state index contributed by atoms with van der Waals surface area (Å²) in [5.41, 5.74) is 0.521. The lowest BCUT2D eigenvalue weighted by Crippen LogP contribution is -2.59. The van der Waals surface area contributed by atoms with Gasteiger partial charge in [-0.2, -0.15) is 4.98 Å². The van der Waals surface area contributed by atoms with E-state index in [1.807, 2.05) is 0 Å². The Morgan fingerprint density at radius 3 is 2.34 bits per heavy atom. The van der Waals surface area contributed by atoms with E-state index in [1.165, 1.54) is 19.1 Å². The van der Waals surface area contributed by atoms with Crippen molar-refractivity contribution in [2.75, 3.05) is 52.8 Å². The second-order valence-electron chi connectivity index (χ2n) is 11.0. The molecule has 3 heterocycles. The molecule has 41 heavy (non-hydrogen) atoms. The van der Waals surface area contributed by atoms with E-state index in [4.69, 9.17) is 32.7 Å². The number of ether oxygens (including phenoxy) is 2. The third-order valence-corrected chi connectivity index (χ3v) is 8.21. The zero-order chi connectivity index (χ0) is 30.1. The zero-order valence-corrected chi connectivity index (χ0v) is 25.6. The van der Waals surface area contributed by atoms with Crippen molar-refractivity contribution in [3.63, 3.8) is 0 Å². The highest BCUT2D eigenvalue weighted by Crippen LogP contribution is 2.45. The van der Waals surface area contributed by atoms with Gasteiger partial charge < -0.3 is 24.8 Å². The topological polar surface area (TPSA) is 122 Å². The van der Waals surface area contributed by atoms with E-state index in [-0.39, 0.29) is 32.6 Å². The number of methoxy groups -OCH3 is 2. The molecule has 2 N–H and O–H groups in total. The summed E-state index contributed by atoms with van der Waals surface area (Å²) in [6.07, 6.45) is 1.38. The standard InChI is InChI=1S/C28H36Cl2N6O5/c1-28(2,3)20-15-34(10-11-35(20)27(38)39)8-7-9-36-24-16(14-32-26(31-4)33-24)12-17(25(36)37)21-22(29)18(40-5)13-19(41-6)23(21)30/h12-14,20H,7-11,15H2,1-6H3,(H,38,39)(H,31,32,33). The number of pyridine rings is 1. The lowest BCUT2D eigenvalue weighted by atomic mass is 9.84. The van der Waals surface area contributed by atoms with E-state index in [0.717, 1.165) is 0 Å². The number of hydrogen-bond acceptors (Lipinski definition) is 8. The van der Waals surface area contributed by atoms with E-state index >= 15 is 0 Å². The molecule has 0 spiro atoms. The first-order chi connectivity index (χ1) is 19.4. The number of hydrogen-bond donors (Lipinski definition) is 2. The van der Waals surface area contributed by atoms with Crippen molar-refractivity contribution in [1.82, 2.24) is 24.3 Å². The number of aromatic nitrogens is 3. The molecule has 1 atom stereocenters. The van der Waals surface area contributed by atoms with Crippen molar-refractivity contribution in [3.8, 4) is 22.6 Å². The van der Waals surface area contributed by atoms with Crippen molar-refractivity contribution in [2.45, 2.75) is 39.8 Å². The summed E-state index contributed by atoms with van der Waals surface area (Å²) in [5, 5.41) is 13.6. The predicted molar refractivity (Wildman–Crippen MR) is 161 cm³/mol. The molecule has 3 aromatic rings. The van der Waals surface area contributed by atoms with Gasteiger partial charge in [-0.3, -0.25) is 14.3 Å². The van der Waals surface area contributed by atoms with Crippen LogP contribution in [0.5, 0.6) is 11.5 Å². The quantitative estimate of drug-likeness (QED) is 0.367. The first kappa shape index (κ1) is 30.7. The Balaban J connectivity index is 1.72. The monoisotopic (exact) mass is 606 g/mol. The summed E-state index contributed by atoms with van der Waals surface area (Å²) in [7, 11) is 4.66. The van der Waals surface area contributed by atoms with Crippen LogP contribution in [0, 0.1) is 5.41 Å². The maximum absolute atomic E-state index is 14.1. The highest BCUT2D eigenvalue weighted by atomic mass is 35.5. The molecule has 13 heteroatoms. The molecule has 0 saturated carbocycles. The van der Waals surface area contributed by atoms with Crippen molar-refractivity contribution in [3.05, 3.63) is 38.7 Å². The first-order valence-electron chi connectivity index (χ1n) is 13.3. The van der Waals surface area contributed by atoms with Crippen LogP contribution in [0.1, 0.15) is 27.2 Å². The number of piperazine rings is 1. The summed E-state index contributed by atoms with van der Waals surface area (Å²) >= 11 is 13.4. The predicted octanol–water partition coefficient (Wildman–Crippen LogP) is 4.92. The van der Waals surface area contributed by atoms with Gasteiger partial charge in [0.15, 0.2) is 0 Å². The van der Waals surface area contributed by atoms with Gasteiger partial charge in [-0.25, -0.2) is 9.78 Å². The number of amides is 1. The molecule has 11 nitrogen and oxygen atoms in total. The average molecular weight is 608 g/mol. The lowest BCUT2D eigenvalue weighted by molar-refractivity contribution is 0.0211. The third-order valence-electron chi connectivity index (χ3n) is 7.46. The van der Waals surface area contributed by atoms with Crippen LogP contribution in [0.25, 0.3) is 22.2 Å². The Kier molecular flexibility index (Phi) is 9.20. The fraction of sp³-hybridized carbons (Fsp3) is 0.500. The van der Waals surface area contributed by atoms with E-state index in [9.17, 15) is 14.7 Å². The number of carboxylic acid groups (broad SMARTS) is 1. The van der Waals surface area contributed by atoms with E-state index in [1.54, 1.807) is 29.9 Å². The second kappa shape index (κ2) is 12.3. The maximum atomic E-state index is 14.1. The van der Waals surface area contributed by atoms with Crippen molar-refractivity contribution in [1.29, 1.82) is 0 Å². The normalized spacial score (nSPS) is 16.2. The Morgan fingerprint density at radius 1 is 1.12 bits per heavy atom. The van der Waals surface area contributed by atoms with Crippen molar-refractivity contribution < 1.29 is 19.4 Å². The maximum Gasteiger partial charge on any atom is 0.407 e. The zero-order valence-electron chi connectivity index (χ0n) is 24.1. The second-order valence-corrected chi connectivity index (χ2v) is 11.8. The van der Waals surface area contributed by atoms with E-state index in [2.05, 4.69) is 41.0 Å². The van der Waals surface area contributed by atoms with Gasteiger partial charge >= 0.3 is 6.09 Å². The Bertz CT molecular complexity index is 1480. The fourth-order valence-corrected chi connectivity index (χ4v) is 5.96. The van der Waals surface area contributed by atoms with Crippen LogP contribution in [-0.2, 0) is 6.54 Å². The number of fused-ring (bicyclic) bond motifs is 1. The number of rotatable bonds is 8. The summed E-state index contributed by atoms with van der Waals surface area (Å²) in [6, 6.07) is 3.11. The number of nitrogens with one attached hydrogen (secondary N) is 1. The molecule has 4 rings (SSSR count). The number of anilines is 1. The molecule has 1 unspecified atom stereocenters. The van der Waals surface area contributed by atoms with Crippen LogP contribution >= 0.6 is 23.2 Å². The molecule has 0 radical (unpaired) electrons. The highest BCUT2D eigenvalue weighted by molar-refractivity contribution is 6.41. The van der Waals surface area contributed by atoms with Crippen LogP contribution in [0.2, 0.25) is 10.0 Å². The Labute approximate surface area is 249 Å². The van der Waals surface area contributed by atoms with Crippen LogP contribution in [0.3, 0.4) is 0 Å². The molecule has 1 aliphatic heterocycles. The molecular weight excluding hydrogens is 571 g/mol. The lowest BCUT2D eigenvalue weighted by Gasteiger charge is -2.46. The minimum atomic E-state index is -0.897. The molecule has 222 valence electrons. The summed E-state index contributed by atoms with van der Waals surface area (Å²) in [4.78, 5) is 38.6. The third kappa shape index (κ3) is 6.17. The van der Waals surface area contributed by atoms with Gasteiger partial charge in [0.1, 0.15) is 17.1 Å². The molecule has 1 saturated heterocycles. The van der Waals surface area contributed by atoms with Gasteiger partial charge in [-0.05, 0) is 24.4 Å². The molecule has 0 bridgehead atoms. The number of aryl methyl sites for hydroxylation is 1. The van der Waals surface area contributed by atoms with Gasteiger partial charge in [0, 0.05) is 56.4 Å². The van der Waals surface area contributed by atoms with Crippen molar-refractivity contribution in [2.24, 2.45) is 5.41 Å². The molecule has 1 amide bonds. The van der Waals surface area contributed by atoms with Crippen LogP contribution in [0.4, 0.5) is 10.7 Å². The number of nitrogens with zero attached hydrogens (tertiary/aromatic N) is 5. The van der Waals surface area contributed by atoms with Crippen molar-refractivity contribution >= 4 is 46.3 Å². The van der Waals surface area contributed by atoms with Gasteiger partial charge in [0.25, 0.3) is 5.56 Å². The Morgan fingerprint density at radius 2 is 1.78 bits per heavy atom. The number of halogens is 2. The number of carbonyl (C=O) groups is 1. The van der Waals surface area contributed by atoms with Gasteiger partial charge in [0.2, 0.25) is 5.95 Å². The van der Waals surface area contributed by atoms with Gasteiger partial charge in [0.05, 0.1) is 35.9 Å². The number of benzene rings is 1. The Hall–Kier alpha value is -3.28. The first-order valence-corrected chi connectivity index (χ1v) is 14.1. The SMILES string of the molecule is CNc1ncc2cc(-c3c(Cl)c(OC)cc(OC)c3Cl)c(=O)n(CCCN3CCN(C(=O)O)C(C(C)(C)C)C3)c2n1. The molecule has 1 fully saturated rings. The van der Waals surface area contributed by atoms with E-state index in [0.29, 0.717) is 73.2 Å². The summed E-state index contributed by atoms with van der Waals surface area (Å²) in [5.74, 6) is 1.03. The summed E-state index contributed by atoms with van der Waals surface area (Å²) in [6.45, 7) is 8.87. The largest absolute Gasteiger partial charge is 0.495 e. The minimum Gasteiger partial charge on any atom is -0.495 e. The van der Waals surface area contributed by atoms with Gasteiger partial charge in [-0.1, -0.05) is 44.0 Å². The molecule has 1 aromatic carbocycles. The smallest absolute Gasteiger partial charge is 0.407 e. The molecule has 1 aliphatic rings. The summed E-state index contributed by atoms with van der Waals surface area (Å²) < 4.78 is 12.5. The highest BCUT2D eigenvalue weighted by Gasteiger charge is 2.37. The van der Waals surface area contributed by atoms with Gasteiger partial charge in [-0.15, -0.1) is 0 Å². The van der Waals surface area contributed by atoms with E-state index < -0.39 is 6.09 Å². The molecule has 2 aromatic heterocycles. The molecule has 0 aliphatic carbocycles. The van der Waals surface area contributed by atoms with Crippen LogP contribution < -0.4 is 20.3 Å². The molecular formula is C28H36Cl2N6O5. The van der Waals surface area contributed by atoms with Crippen LogP contribution in [-0.4, -0.2) is 89.0 Å². The van der Waals surface area contributed by atoms with Crippen LogP contribution in [0.15, 0.2) is 23.1 Å². The average Bonchev–Trinajstić information content (AvgIpc) is 2.94. The fourth-order valence-electron chi connectivity index (χ4n) is 5.25. The minimum absolute atomic E-state index is 0.140.